The Kier molecular flexibility index (Phi) is 5.04. The lowest BCUT2D eigenvalue weighted by atomic mass is 10.0. The lowest BCUT2D eigenvalue weighted by Gasteiger charge is -2.18. The second-order valence-electron chi connectivity index (χ2n) is 5.25. The highest BCUT2D eigenvalue weighted by Crippen LogP contribution is 2.26. The molecule has 0 saturated carbocycles. The van der Waals surface area contributed by atoms with Gasteiger partial charge in [-0.15, -0.1) is 0 Å². The first kappa shape index (κ1) is 15.2. The molecule has 2 rings (SSSR count). The van der Waals surface area contributed by atoms with Gasteiger partial charge in [-0.05, 0) is 36.6 Å². The van der Waals surface area contributed by atoms with Gasteiger partial charge in [0.05, 0.1) is 12.8 Å². The van der Waals surface area contributed by atoms with Crippen LogP contribution in [0.4, 0.5) is 0 Å². The first-order valence-corrected chi connectivity index (χ1v) is 7.13. The van der Waals surface area contributed by atoms with Crippen LogP contribution >= 0.6 is 0 Å². The van der Waals surface area contributed by atoms with Crippen molar-refractivity contribution in [3.63, 3.8) is 0 Å². The van der Waals surface area contributed by atoms with Gasteiger partial charge < -0.3 is 14.5 Å². The van der Waals surface area contributed by atoms with Crippen molar-refractivity contribution in [2.24, 2.45) is 0 Å². The van der Waals surface area contributed by atoms with E-state index < -0.39 is 6.10 Å². The first-order valence-electron chi connectivity index (χ1n) is 7.13. The van der Waals surface area contributed by atoms with Crippen LogP contribution in [0.3, 0.4) is 0 Å². The zero-order chi connectivity index (χ0) is 15.2. The van der Waals surface area contributed by atoms with Crippen molar-refractivity contribution in [3.05, 3.63) is 54.0 Å². The van der Waals surface area contributed by atoms with Crippen molar-refractivity contribution >= 4 is 5.91 Å². The minimum Gasteiger partial charge on any atom is -0.481 e. The van der Waals surface area contributed by atoms with Crippen molar-refractivity contribution in [2.75, 3.05) is 0 Å². The molecule has 1 aromatic heterocycles. The van der Waals surface area contributed by atoms with Gasteiger partial charge in [-0.25, -0.2) is 0 Å². The number of furan rings is 1. The maximum Gasteiger partial charge on any atom is 0.261 e. The molecule has 4 nitrogen and oxygen atoms in total. The Balaban J connectivity index is 1.94. The van der Waals surface area contributed by atoms with Crippen LogP contribution in [-0.2, 0) is 11.3 Å². The second kappa shape index (κ2) is 6.97. The molecule has 0 radical (unpaired) electrons. The predicted octanol–water partition coefficient (Wildman–Crippen LogP) is 3.49. The van der Waals surface area contributed by atoms with E-state index in [0.29, 0.717) is 12.5 Å². The minimum atomic E-state index is -0.556. The van der Waals surface area contributed by atoms with E-state index in [1.807, 2.05) is 30.3 Å². The molecule has 4 heteroatoms. The summed E-state index contributed by atoms with van der Waals surface area (Å²) in [4.78, 5) is 12.0. The topological polar surface area (TPSA) is 51.5 Å². The largest absolute Gasteiger partial charge is 0.481 e. The molecule has 1 heterocycles. The SMILES string of the molecule is CC(C)c1ccccc1O[C@@H](C)C(=O)NCc1ccco1. The van der Waals surface area contributed by atoms with Gasteiger partial charge in [0, 0.05) is 0 Å². The fourth-order valence-electron chi connectivity index (χ4n) is 2.04. The van der Waals surface area contributed by atoms with Crippen LogP contribution in [0.15, 0.2) is 47.1 Å². The molecular weight excluding hydrogens is 266 g/mol. The molecule has 112 valence electrons. The molecule has 21 heavy (non-hydrogen) atoms. The molecule has 0 aliphatic heterocycles. The Hall–Kier alpha value is -2.23. The van der Waals surface area contributed by atoms with Crippen molar-refractivity contribution in [1.29, 1.82) is 0 Å². The average molecular weight is 287 g/mol. The van der Waals surface area contributed by atoms with E-state index >= 15 is 0 Å². The summed E-state index contributed by atoms with van der Waals surface area (Å²) in [6, 6.07) is 11.4. The number of carbonyl (C=O) groups excluding carboxylic acids is 1. The fraction of sp³-hybridized carbons (Fsp3) is 0.353. The highest BCUT2D eigenvalue weighted by Gasteiger charge is 2.17. The number of nitrogens with one attached hydrogen (secondary N) is 1. The first-order chi connectivity index (χ1) is 10.1. The number of para-hydroxylation sites is 1. The zero-order valence-electron chi connectivity index (χ0n) is 12.6. The Morgan fingerprint density at radius 1 is 1.19 bits per heavy atom. The van der Waals surface area contributed by atoms with Crippen LogP contribution in [0.1, 0.15) is 38.0 Å². The molecule has 0 saturated heterocycles. The van der Waals surface area contributed by atoms with Gasteiger partial charge in [-0.2, -0.15) is 0 Å². The third-order valence-electron chi connectivity index (χ3n) is 3.23. The molecule has 1 aromatic carbocycles. The number of benzene rings is 1. The molecule has 0 unspecified atom stereocenters. The average Bonchev–Trinajstić information content (AvgIpc) is 2.98. The maximum absolute atomic E-state index is 12.0. The number of rotatable bonds is 6. The lowest BCUT2D eigenvalue weighted by molar-refractivity contribution is -0.127. The molecule has 1 N–H and O–H groups in total. The second-order valence-corrected chi connectivity index (χ2v) is 5.25. The number of carbonyl (C=O) groups is 1. The molecule has 0 spiro atoms. The van der Waals surface area contributed by atoms with Crippen molar-refractivity contribution in [1.82, 2.24) is 5.32 Å². The number of ether oxygens (including phenoxy) is 1. The molecule has 0 fully saturated rings. The summed E-state index contributed by atoms with van der Waals surface area (Å²) >= 11 is 0. The quantitative estimate of drug-likeness (QED) is 0.885. The van der Waals surface area contributed by atoms with Gasteiger partial charge in [0.15, 0.2) is 6.10 Å². The van der Waals surface area contributed by atoms with Crippen LogP contribution in [0, 0.1) is 0 Å². The number of amides is 1. The van der Waals surface area contributed by atoms with Crippen molar-refractivity contribution in [3.8, 4) is 5.75 Å². The summed E-state index contributed by atoms with van der Waals surface area (Å²) in [5.41, 5.74) is 1.10. The summed E-state index contributed by atoms with van der Waals surface area (Å²) in [5, 5.41) is 2.80. The van der Waals surface area contributed by atoms with Gasteiger partial charge in [0.2, 0.25) is 0 Å². The van der Waals surface area contributed by atoms with Crippen LogP contribution < -0.4 is 10.1 Å². The molecule has 2 aromatic rings. The Morgan fingerprint density at radius 3 is 2.62 bits per heavy atom. The minimum absolute atomic E-state index is 0.162. The smallest absolute Gasteiger partial charge is 0.261 e. The Labute approximate surface area is 125 Å². The number of hydrogen-bond donors (Lipinski definition) is 1. The molecule has 0 aliphatic carbocycles. The normalized spacial score (nSPS) is 12.2. The van der Waals surface area contributed by atoms with E-state index in [1.54, 1.807) is 19.3 Å². The standard InChI is InChI=1S/C17H21NO3/c1-12(2)15-8-4-5-9-16(15)21-13(3)17(19)18-11-14-7-6-10-20-14/h4-10,12-13H,11H2,1-3H3,(H,18,19)/t13-/m0/s1. The van der Waals surface area contributed by atoms with Crippen LogP contribution in [-0.4, -0.2) is 12.0 Å². The Morgan fingerprint density at radius 2 is 1.95 bits per heavy atom. The van der Waals surface area contributed by atoms with E-state index in [2.05, 4.69) is 19.2 Å². The summed E-state index contributed by atoms with van der Waals surface area (Å²) in [7, 11) is 0. The van der Waals surface area contributed by atoms with Gasteiger partial charge >= 0.3 is 0 Å². The molecule has 1 amide bonds. The van der Waals surface area contributed by atoms with Gasteiger partial charge in [-0.1, -0.05) is 32.0 Å². The summed E-state index contributed by atoms with van der Waals surface area (Å²) in [6.45, 7) is 6.31. The van der Waals surface area contributed by atoms with Crippen LogP contribution in [0.2, 0.25) is 0 Å². The third-order valence-corrected chi connectivity index (χ3v) is 3.23. The van der Waals surface area contributed by atoms with Crippen LogP contribution in [0.5, 0.6) is 5.75 Å². The van der Waals surface area contributed by atoms with Crippen molar-refractivity contribution < 1.29 is 13.9 Å². The summed E-state index contributed by atoms with van der Waals surface area (Å²) in [6.07, 6.45) is 1.03. The molecular formula is C17H21NO3. The predicted molar refractivity (Wildman–Crippen MR) is 81.2 cm³/mol. The Bertz CT molecular complexity index is 575. The van der Waals surface area contributed by atoms with Gasteiger partial charge in [0.25, 0.3) is 5.91 Å². The maximum atomic E-state index is 12.0. The van der Waals surface area contributed by atoms with Crippen LogP contribution in [0.25, 0.3) is 0 Å². The summed E-state index contributed by atoms with van der Waals surface area (Å²) < 4.78 is 11.0. The number of hydrogen-bond acceptors (Lipinski definition) is 3. The highest BCUT2D eigenvalue weighted by molar-refractivity contribution is 5.80. The van der Waals surface area contributed by atoms with E-state index in [1.165, 1.54) is 0 Å². The lowest BCUT2D eigenvalue weighted by Crippen LogP contribution is -2.36. The molecule has 0 bridgehead atoms. The highest BCUT2D eigenvalue weighted by atomic mass is 16.5. The summed E-state index contributed by atoms with van der Waals surface area (Å²) in [5.74, 6) is 1.66. The van der Waals surface area contributed by atoms with E-state index in [9.17, 15) is 4.79 Å². The van der Waals surface area contributed by atoms with E-state index in [4.69, 9.17) is 9.15 Å². The van der Waals surface area contributed by atoms with Crippen molar-refractivity contribution in [2.45, 2.75) is 39.3 Å². The van der Waals surface area contributed by atoms with E-state index in [0.717, 1.165) is 17.1 Å². The van der Waals surface area contributed by atoms with Gasteiger partial charge in [-0.3, -0.25) is 4.79 Å². The fourth-order valence-corrected chi connectivity index (χ4v) is 2.04. The zero-order valence-corrected chi connectivity index (χ0v) is 12.6. The van der Waals surface area contributed by atoms with E-state index in [-0.39, 0.29) is 5.91 Å². The third kappa shape index (κ3) is 4.12. The van der Waals surface area contributed by atoms with Gasteiger partial charge in [0.1, 0.15) is 11.5 Å². The monoisotopic (exact) mass is 287 g/mol. The molecule has 0 aliphatic rings. The molecule has 1 atom stereocenters.